The average Bonchev–Trinajstić information content (AvgIpc) is 2.49. The van der Waals surface area contributed by atoms with Crippen molar-refractivity contribution in [2.75, 3.05) is 13.1 Å². The Balaban J connectivity index is 0.000000644. The number of hydrogen-bond acceptors (Lipinski definition) is 3. The van der Waals surface area contributed by atoms with E-state index in [1.165, 1.54) is 32.1 Å². The lowest BCUT2D eigenvalue weighted by atomic mass is 9.72. The van der Waals surface area contributed by atoms with E-state index >= 15 is 0 Å². The van der Waals surface area contributed by atoms with Crippen molar-refractivity contribution in [3.05, 3.63) is 0 Å². The zero-order chi connectivity index (χ0) is 15.9. The maximum Gasteiger partial charge on any atom is 0.303 e. The molecule has 1 saturated heterocycles. The molecule has 1 aliphatic carbocycles. The first-order valence-corrected chi connectivity index (χ1v) is 8.57. The van der Waals surface area contributed by atoms with Crippen LogP contribution in [0.1, 0.15) is 72.1 Å². The third-order valence-electron chi connectivity index (χ3n) is 5.06. The molecule has 1 aliphatic heterocycles. The van der Waals surface area contributed by atoms with E-state index in [4.69, 9.17) is 5.11 Å². The number of hydrogen-bond donors (Lipinski definition) is 2. The number of likely N-dealkylation sites (tertiary alicyclic amines) is 1. The molecule has 0 amide bonds. The van der Waals surface area contributed by atoms with E-state index in [1.54, 1.807) is 6.92 Å². The van der Waals surface area contributed by atoms with Gasteiger partial charge in [-0.05, 0) is 45.4 Å². The van der Waals surface area contributed by atoms with Gasteiger partial charge >= 0.3 is 5.97 Å². The van der Waals surface area contributed by atoms with Crippen LogP contribution in [0.5, 0.6) is 0 Å². The number of carboxylic acids is 1. The number of aliphatic hydroxyl groups is 1. The normalized spacial score (nSPS) is 22.4. The predicted octanol–water partition coefficient (Wildman–Crippen LogP) is 3.70. The summed E-state index contributed by atoms with van der Waals surface area (Å²) < 4.78 is 0. The van der Waals surface area contributed by atoms with Gasteiger partial charge in [0.25, 0.3) is 0 Å². The number of carbonyl (C=O) groups is 1. The number of carboxylic acid groups (broad SMARTS) is 1. The Kier molecular flexibility index (Phi) is 10.3. The average molecular weight is 336 g/mol. The van der Waals surface area contributed by atoms with Gasteiger partial charge in [0, 0.05) is 25.6 Å². The van der Waals surface area contributed by atoms with Gasteiger partial charge in [0.05, 0.1) is 5.60 Å². The molecule has 22 heavy (non-hydrogen) atoms. The van der Waals surface area contributed by atoms with Crippen LogP contribution in [0.15, 0.2) is 0 Å². The van der Waals surface area contributed by atoms with E-state index in [0.29, 0.717) is 12.0 Å². The second kappa shape index (κ2) is 10.5. The van der Waals surface area contributed by atoms with Crippen molar-refractivity contribution in [1.29, 1.82) is 0 Å². The molecule has 0 radical (unpaired) electrons. The van der Waals surface area contributed by atoms with Gasteiger partial charge in [0.15, 0.2) is 0 Å². The van der Waals surface area contributed by atoms with Crippen molar-refractivity contribution in [2.24, 2.45) is 5.92 Å². The Morgan fingerprint density at radius 1 is 1.18 bits per heavy atom. The lowest BCUT2D eigenvalue weighted by molar-refractivity contribution is -0.136. The topological polar surface area (TPSA) is 60.8 Å². The highest BCUT2D eigenvalue weighted by atomic mass is 35.5. The standard InChI is InChI=1S/C14H27NO.C3H6O2.ClH/c1-12(2)15-10-8-14(16,9-11-15)13-6-4-3-5-7-13;1-2-3(4)5;/h12-13,16H,3-11H2,1-2H3;2H2,1H3,(H,4,5);1H. The molecule has 0 spiro atoms. The molecule has 2 aliphatic rings. The Morgan fingerprint density at radius 2 is 1.64 bits per heavy atom. The molecule has 0 bridgehead atoms. The molecular weight excluding hydrogens is 302 g/mol. The van der Waals surface area contributed by atoms with Crippen LogP contribution >= 0.6 is 12.4 Å². The third-order valence-corrected chi connectivity index (χ3v) is 5.06. The maximum absolute atomic E-state index is 10.8. The van der Waals surface area contributed by atoms with Gasteiger partial charge in [0.2, 0.25) is 0 Å². The molecule has 2 N–H and O–H groups in total. The van der Waals surface area contributed by atoms with Crippen LogP contribution in [-0.4, -0.2) is 45.8 Å². The van der Waals surface area contributed by atoms with E-state index in [9.17, 15) is 9.90 Å². The van der Waals surface area contributed by atoms with Crippen LogP contribution < -0.4 is 0 Å². The minimum Gasteiger partial charge on any atom is -0.481 e. The molecule has 132 valence electrons. The van der Waals surface area contributed by atoms with Crippen molar-refractivity contribution in [3.8, 4) is 0 Å². The highest BCUT2D eigenvalue weighted by Gasteiger charge is 2.40. The minimum absolute atomic E-state index is 0. The summed E-state index contributed by atoms with van der Waals surface area (Å²) >= 11 is 0. The van der Waals surface area contributed by atoms with Crippen LogP contribution in [0.3, 0.4) is 0 Å². The van der Waals surface area contributed by atoms with Crippen molar-refractivity contribution < 1.29 is 15.0 Å². The van der Waals surface area contributed by atoms with Crippen molar-refractivity contribution in [2.45, 2.75) is 83.8 Å². The van der Waals surface area contributed by atoms with Crippen LogP contribution in [0, 0.1) is 5.92 Å². The fourth-order valence-corrected chi connectivity index (χ4v) is 3.48. The first kappa shape index (κ1) is 21.7. The van der Waals surface area contributed by atoms with Gasteiger partial charge < -0.3 is 15.1 Å². The fraction of sp³-hybridized carbons (Fsp3) is 0.941. The van der Waals surface area contributed by atoms with Gasteiger partial charge in [-0.3, -0.25) is 4.79 Å². The lowest BCUT2D eigenvalue weighted by Gasteiger charge is -2.45. The van der Waals surface area contributed by atoms with Crippen LogP contribution in [0.25, 0.3) is 0 Å². The Hall–Kier alpha value is -0.320. The molecule has 0 aromatic rings. The number of piperidine rings is 1. The van der Waals surface area contributed by atoms with Crippen LogP contribution in [0.4, 0.5) is 0 Å². The van der Waals surface area contributed by atoms with E-state index in [-0.39, 0.29) is 24.4 Å². The summed E-state index contributed by atoms with van der Waals surface area (Å²) in [6, 6.07) is 0.635. The number of aliphatic carboxylic acids is 1. The monoisotopic (exact) mass is 335 g/mol. The van der Waals surface area contributed by atoms with E-state index in [0.717, 1.165) is 25.9 Å². The maximum atomic E-state index is 10.8. The summed E-state index contributed by atoms with van der Waals surface area (Å²) in [5.41, 5.74) is -0.328. The third kappa shape index (κ3) is 6.84. The molecule has 2 fully saturated rings. The molecule has 0 atom stereocenters. The molecule has 0 aromatic heterocycles. The molecule has 2 rings (SSSR count). The van der Waals surface area contributed by atoms with Gasteiger partial charge in [-0.2, -0.15) is 0 Å². The molecule has 1 saturated carbocycles. The van der Waals surface area contributed by atoms with E-state index in [2.05, 4.69) is 18.7 Å². The van der Waals surface area contributed by atoms with Gasteiger partial charge in [-0.25, -0.2) is 0 Å². The Labute approximate surface area is 141 Å². The van der Waals surface area contributed by atoms with Gasteiger partial charge in [0.1, 0.15) is 0 Å². The van der Waals surface area contributed by atoms with Crippen molar-refractivity contribution in [3.63, 3.8) is 0 Å². The van der Waals surface area contributed by atoms with E-state index in [1.807, 2.05) is 0 Å². The van der Waals surface area contributed by atoms with Crippen LogP contribution in [-0.2, 0) is 4.79 Å². The Bertz CT molecular complexity index is 309. The molecular formula is C17H34ClNO3. The second-order valence-electron chi connectivity index (χ2n) is 6.82. The highest BCUT2D eigenvalue weighted by Crippen LogP contribution is 2.39. The quantitative estimate of drug-likeness (QED) is 0.825. The number of nitrogens with zero attached hydrogens (tertiary/aromatic N) is 1. The highest BCUT2D eigenvalue weighted by molar-refractivity contribution is 5.85. The summed E-state index contributed by atoms with van der Waals surface area (Å²) in [4.78, 5) is 11.9. The second-order valence-corrected chi connectivity index (χ2v) is 6.82. The predicted molar refractivity (Wildman–Crippen MR) is 92.6 cm³/mol. The van der Waals surface area contributed by atoms with Gasteiger partial charge in [-0.15, -0.1) is 12.4 Å². The zero-order valence-corrected chi connectivity index (χ0v) is 15.2. The summed E-state index contributed by atoms with van der Waals surface area (Å²) in [6.45, 7) is 8.29. The number of rotatable bonds is 3. The molecule has 4 nitrogen and oxygen atoms in total. The number of halogens is 1. The van der Waals surface area contributed by atoms with Gasteiger partial charge in [-0.1, -0.05) is 26.2 Å². The van der Waals surface area contributed by atoms with Crippen molar-refractivity contribution in [1.82, 2.24) is 4.90 Å². The summed E-state index contributed by atoms with van der Waals surface area (Å²) in [5, 5.41) is 18.5. The first-order chi connectivity index (χ1) is 9.89. The van der Waals surface area contributed by atoms with Crippen molar-refractivity contribution >= 4 is 18.4 Å². The zero-order valence-electron chi connectivity index (χ0n) is 14.4. The molecule has 0 unspecified atom stereocenters. The first-order valence-electron chi connectivity index (χ1n) is 8.57. The molecule has 1 heterocycles. The fourth-order valence-electron chi connectivity index (χ4n) is 3.48. The summed E-state index contributed by atoms with van der Waals surface area (Å²) in [5.74, 6) is -0.152. The van der Waals surface area contributed by atoms with Crippen LogP contribution in [0.2, 0.25) is 0 Å². The Morgan fingerprint density at radius 3 is 2.00 bits per heavy atom. The molecule has 5 heteroatoms. The van der Waals surface area contributed by atoms with E-state index < -0.39 is 5.97 Å². The summed E-state index contributed by atoms with van der Waals surface area (Å²) in [6.07, 6.45) is 8.79. The molecule has 0 aromatic carbocycles. The lowest BCUT2D eigenvalue weighted by Crippen LogP contribution is -2.50. The SMILES string of the molecule is CC(C)N1CCC(O)(C2CCCCC2)CC1.CCC(=O)O.Cl. The minimum atomic E-state index is -0.745. The smallest absolute Gasteiger partial charge is 0.303 e. The summed E-state index contributed by atoms with van der Waals surface area (Å²) in [7, 11) is 0. The largest absolute Gasteiger partial charge is 0.481 e.